The van der Waals surface area contributed by atoms with Gasteiger partial charge in [-0.05, 0) is 5.92 Å². The van der Waals surface area contributed by atoms with Crippen LogP contribution in [0.25, 0.3) is 0 Å². The molecule has 2 atom stereocenters. The molecule has 0 aliphatic rings. The molecule has 0 saturated heterocycles. The zero-order valence-corrected chi connectivity index (χ0v) is 14.6. The summed E-state index contributed by atoms with van der Waals surface area (Å²) in [5, 5.41) is 7.88. The molecule has 3 amide bonds. The Morgan fingerprint density at radius 3 is 2.10 bits per heavy atom. The van der Waals surface area contributed by atoms with Gasteiger partial charge in [-0.3, -0.25) is 14.4 Å². The molecule has 116 valence electrons. The summed E-state index contributed by atoms with van der Waals surface area (Å²) in [6, 6.07) is -0.609. The van der Waals surface area contributed by atoms with Gasteiger partial charge in [-0.1, -0.05) is 56.7 Å². The Morgan fingerprint density at radius 1 is 1.05 bits per heavy atom. The molecule has 20 heavy (non-hydrogen) atoms. The molecule has 0 saturated carbocycles. The van der Waals surface area contributed by atoms with Crippen LogP contribution in [0.4, 0.5) is 0 Å². The second-order valence-electron chi connectivity index (χ2n) is 4.98. The van der Waals surface area contributed by atoms with Crippen LogP contribution in [0.1, 0.15) is 34.1 Å². The zero-order chi connectivity index (χ0) is 15.7. The normalized spacial score (nSPS) is 13.5. The van der Waals surface area contributed by atoms with Crippen LogP contribution in [0, 0.1) is 11.8 Å². The Kier molecular flexibility index (Phi) is 9.52. The van der Waals surface area contributed by atoms with Crippen LogP contribution >= 0.6 is 22.6 Å². The minimum atomic E-state index is -0.609. The van der Waals surface area contributed by atoms with E-state index in [4.69, 9.17) is 0 Å². The molecule has 0 rings (SSSR count). The topological polar surface area (TPSA) is 87.3 Å². The summed E-state index contributed by atoms with van der Waals surface area (Å²) in [4.78, 5) is 35.2. The molecule has 7 heteroatoms. The van der Waals surface area contributed by atoms with Gasteiger partial charge < -0.3 is 16.0 Å². The van der Waals surface area contributed by atoms with Gasteiger partial charge in [-0.15, -0.1) is 0 Å². The van der Waals surface area contributed by atoms with E-state index in [0.717, 1.165) is 6.42 Å². The van der Waals surface area contributed by atoms with Gasteiger partial charge in [0, 0.05) is 5.92 Å². The van der Waals surface area contributed by atoms with Crippen molar-refractivity contribution in [2.24, 2.45) is 11.8 Å². The van der Waals surface area contributed by atoms with Crippen LogP contribution < -0.4 is 16.0 Å². The van der Waals surface area contributed by atoms with Crippen molar-refractivity contribution in [3.8, 4) is 0 Å². The van der Waals surface area contributed by atoms with Gasteiger partial charge >= 0.3 is 0 Å². The van der Waals surface area contributed by atoms with Crippen molar-refractivity contribution in [1.29, 1.82) is 0 Å². The Balaban J connectivity index is 4.57. The lowest BCUT2D eigenvalue weighted by Gasteiger charge is -2.24. The molecular formula is C13H24IN3O3. The largest absolute Gasteiger partial charge is 0.346 e. The summed E-state index contributed by atoms with van der Waals surface area (Å²) in [6.45, 7) is 7.32. The summed E-state index contributed by atoms with van der Waals surface area (Å²) in [7, 11) is 0. The number of halogens is 1. The average Bonchev–Trinajstić information content (AvgIpc) is 2.41. The van der Waals surface area contributed by atoms with Gasteiger partial charge in [-0.25, -0.2) is 0 Å². The fourth-order valence-corrected chi connectivity index (χ4v) is 1.86. The fourth-order valence-electron chi connectivity index (χ4n) is 1.44. The summed E-state index contributed by atoms with van der Waals surface area (Å²) in [6.07, 6.45) is 0.760. The lowest BCUT2D eigenvalue weighted by atomic mass is 9.97. The SMILES string of the molecule is CCC(C)C(NC(=O)C(C)C)C(=O)NCC(=O)NCI. The highest BCUT2D eigenvalue weighted by Gasteiger charge is 2.26. The molecule has 2 unspecified atom stereocenters. The highest BCUT2D eigenvalue weighted by Crippen LogP contribution is 2.09. The smallest absolute Gasteiger partial charge is 0.243 e. The number of alkyl halides is 1. The van der Waals surface area contributed by atoms with E-state index in [-0.39, 0.29) is 36.1 Å². The molecule has 3 N–H and O–H groups in total. The molecule has 0 bridgehead atoms. The van der Waals surface area contributed by atoms with E-state index in [9.17, 15) is 14.4 Å². The van der Waals surface area contributed by atoms with Crippen molar-refractivity contribution in [3.63, 3.8) is 0 Å². The molecule has 0 spiro atoms. The molecule has 0 aromatic heterocycles. The molecule has 0 aromatic carbocycles. The average molecular weight is 397 g/mol. The number of amides is 3. The molecule has 0 radical (unpaired) electrons. The maximum atomic E-state index is 12.1. The lowest BCUT2D eigenvalue weighted by Crippen LogP contribution is -2.52. The number of nitrogens with one attached hydrogen (secondary N) is 3. The highest BCUT2D eigenvalue weighted by atomic mass is 127. The third kappa shape index (κ3) is 7.06. The number of hydrogen-bond acceptors (Lipinski definition) is 3. The Labute approximate surface area is 134 Å². The third-order valence-corrected chi connectivity index (χ3v) is 3.39. The Bertz CT molecular complexity index is 348. The first-order valence-corrected chi connectivity index (χ1v) is 8.26. The Morgan fingerprint density at radius 2 is 1.65 bits per heavy atom. The standard InChI is InChI=1S/C13H24IN3O3/c1-5-9(4)11(17-12(19)8(2)3)13(20)15-6-10(18)16-7-14/h8-9,11H,5-7H2,1-4H3,(H,15,20)(H,16,18)(H,17,19). The van der Waals surface area contributed by atoms with Crippen molar-refractivity contribution in [2.75, 3.05) is 11.1 Å². The Hall–Kier alpha value is -0.860. The minimum absolute atomic E-state index is 0.00494. The van der Waals surface area contributed by atoms with Gasteiger partial charge in [0.1, 0.15) is 6.04 Å². The second kappa shape index (κ2) is 9.95. The quantitative estimate of drug-likeness (QED) is 0.322. The van der Waals surface area contributed by atoms with Gasteiger partial charge in [-0.2, -0.15) is 0 Å². The minimum Gasteiger partial charge on any atom is -0.346 e. The molecule has 0 aromatic rings. The summed E-state index contributed by atoms with van der Waals surface area (Å²) in [5.74, 6) is -0.910. The first kappa shape index (κ1) is 19.1. The number of carbonyl (C=O) groups excluding carboxylic acids is 3. The van der Waals surface area contributed by atoms with Gasteiger partial charge in [0.25, 0.3) is 0 Å². The van der Waals surface area contributed by atoms with Crippen molar-refractivity contribution in [3.05, 3.63) is 0 Å². The molecule has 6 nitrogen and oxygen atoms in total. The summed E-state index contributed by atoms with van der Waals surface area (Å²) < 4.78 is 0.491. The maximum Gasteiger partial charge on any atom is 0.243 e. The van der Waals surface area contributed by atoms with Crippen LogP contribution in [-0.2, 0) is 14.4 Å². The van der Waals surface area contributed by atoms with E-state index >= 15 is 0 Å². The van der Waals surface area contributed by atoms with E-state index in [1.165, 1.54) is 0 Å². The third-order valence-electron chi connectivity index (χ3n) is 3.00. The zero-order valence-electron chi connectivity index (χ0n) is 12.5. The van der Waals surface area contributed by atoms with Crippen molar-refractivity contribution < 1.29 is 14.4 Å². The van der Waals surface area contributed by atoms with Crippen LogP contribution in [0.15, 0.2) is 0 Å². The predicted octanol–water partition coefficient (Wildman–Crippen LogP) is 0.798. The molecule has 0 aliphatic heterocycles. The fraction of sp³-hybridized carbons (Fsp3) is 0.769. The van der Waals surface area contributed by atoms with Crippen LogP contribution in [0.3, 0.4) is 0 Å². The summed E-state index contributed by atoms with van der Waals surface area (Å²) in [5.41, 5.74) is 0. The van der Waals surface area contributed by atoms with Gasteiger partial charge in [0.15, 0.2) is 0 Å². The highest BCUT2D eigenvalue weighted by molar-refractivity contribution is 14.1. The van der Waals surface area contributed by atoms with Crippen LogP contribution in [0.2, 0.25) is 0 Å². The lowest BCUT2D eigenvalue weighted by molar-refractivity contribution is -0.132. The molecule has 0 aliphatic carbocycles. The van der Waals surface area contributed by atoms with Crippen molar-refractivity contribution in [2.45, 2.75) is 40.2 Å². The van der Waals surface area contributed by atoms with E-state index in [1.807, 2.05) is 36.4 Å². The maximum absolute atomic E-state index is 12.1. The summed E-state index contributed by atoms with van der Waals surface area (Å²) >= 11 is 2.01. The van der Waals surface area contributed by atoms with E-state index in [1.54, 1.807) is 13.8 Å². The first-order valence-electron chi connectivity index (χ1n) is 6.74. The van der Waals surface area contributed by atoms with Crippen molar-refractivity contribution >= 4 is 40.3 Å². The van der Waals surface area contributed by atoms with E-state index in [0.29, 0.717) is 4.55 Å². The molecular weight excluding hydrogens is 373 g/mol. The van der Waals surface area contributed by atoms with Gasteiger partial charge in [0.05, 0.1) is 11.1 Å². The molecule has 0 heterocycles. The van der Waals surface area contributed by atoms with E-state index in [2.05, 4.69) is 16.0 Å². The molecule has 0 fully saturated rings. The first-order chi connectivity index (χ1) is 9.33. The van der Waals surface area contributed by atoms with E-state index < -0.39 is 6.04 Å². The van der Waals surface area contributed by atoms with Crippen LogP contribution in [0.5, 0.6) is 0 Å². The van der Waals surface area contributed by atoms with Crippen molar-refractivity contribution in [1.82, 2.24) is 16.0 Å². The second-order valence-corrected chi connectivity index (χ2v) is 5.74. The predicted molar refractivity (Wildman–Crippen MR) is 86.3 cm³/mol. The number of rotatable bonds is 8. The monoisotopic (exact) mass is 397 g/mol. The number of carbonyl (C=O) groups is 3. The van der Waals surface area contributed by atoms with Crippen LogP contribution in [-0.4, -0.2) is 34.9 Å². The van der Waals surface area contributed by atoms with Gasteiger partial charge in [0.2, 0.25) is 17.7 Å². The number of hydrogen-bond donors (Lipinski definition) is 3.